The standard InChI is InChI=1S/C28H45F2N5OSi/c1-17-9-10-21-20(15-32-35-31)22(11-12-27(17,21)5)28(6)14-19-23(33-34-24(19)25(29)30)13-18(28)16-36-37(7,8)26(2,3)4/h18,20-22,25H,1,9-16H2,2-8H3,(H,33,34)/t18-,20+,21+,22+,27-,28+/m1/s1. The monoisotopic (exact) mass is 533 g/mol. The van der Waals surface area contributed by atoms with Crippen LogP contribution in [0, 0.1) is 34.5 Å². The average Bonchev–Trinajstić information content (AvgIpc) is 3.35. The molecule has 3 aliphatic carbocycles. The van der Waals surface area contributed by atoms with Gasteiger partial charge in [0, 0.05) is 29.3 Å². The molecule has 9 heteroatoms. The van der Waals surface area contributed by atoms with E-state index in [4.69, 9.17) is 4.43 Å². The molecule has 6 nitrogen and oxygen atoms in total. The molecule has 1 N–H and O–H groups in total. The Morgan fingerprint density at radius 3 is 2.59 bits per heavy atom. The summed E-state index contributed by atoms with van der Waals surface area (Å²) in [7, 11) is -2.01. The summed E-state index contributed by atoms with van der Waals surface area (Å²) in [6, 6.07) is 0. The highest BCUT2D eigenvalue weighted by Gasteiger charge is 2.57. The van der Waals surface area contributed by atoms with Crippen LogP contribution in [0.1, 0.15) is 83.7 Å². The number of nitrogens with one attached hydrogen (secondary N) is 1. The fourth-order valence-corrected chi connectivity index (χ4v) is 8.63. The molecule has 4 rings (SSSR count). The van der Waals surface area contributed by atoms with Crippen LogP contribution < -0.4 is 0 Å². The van der Waals surface area contributed by atoms with Gasteiger partial charge in [-0.15, -0.1) is 0 Å². The molecular formula is C28H45F2N5OSi. The fourth-order valence-electron chi connectivity index (χ4n) is 7.58. The SMILES string of the molecule is C=C1CC[C@H]2[C@H](CN=[N+]=[N-])[C@@H]([C@@]3(C)Cc4c(C(F)F)n[nH]c4C[C@@H]3CO[Si](C)(C)C(C)(C)C)CC[C@]12C. The van der Waals surface area contributed by atoms with Crippen LogP contribution in [0.4, 0.5) is 8.78 Å². The van der Waals surface area contributed by atoms with Crippen LogP contribution in [0.3, 0.4) is 0 Å². The van der Waals surface area contributed by atoms with Crippen LogP contribution >= 0.6 is 0 Å². The molecule has 6 atom stereocenters. The number of azide groups is 1. The van der Waals surface area contributed by atoms with Gasteiger partial charge in [-0.25, -0.2) is 8.78 Å². The normalized spacial score (nSPS) is 34.3. The van der Waals surface area contributed by atoms with Gasteiger partial charge in [0.1, 0.15) is 5.69 Å². The van der Waals surface area contributed by atoms with Crippen molar-refractivity contribution in [1.29, 1.82) is 0 Å². The van der Waals surface area contributed by atoms with Gasteiger partial charge in [-0.1, -0.05) is 51.9 Å². The Balaban J connectivity index is 1.75. The highest BCUT2D eigenvalue weighted by Crippen LogP contribution is 2.63. The van der Waals surface area contributed by atoms with Gasteiger partial charge in [0.25, 0.3) is 6.43 Å². The van der Waals surface area contributed by atoms with Crippen LogP contribution in [0.2, 0.25) is 18.1 Å². The molecule has 0 bridgehead atoms. The summed E-state index contributed by atoms with van der Waals surface area (Å²) in [5.74, 6) is 0.984. The summed E-state index contributed by atoms with van der Waals surface area (Å²) in [5.41, 5.74) is 11.8. The van der Waals surface area contributed by atoms with Crippen molar-refractivity contribution >= 4 is 8.32 Å². The maximum Gasteiger partial charge on any atom is 0.282 e. The van der Waals surface area contributed by atoms with Crippen LogP contribution in [-0.4, -0.2) is 31.7 Å². The Morgan fingerprint density at radius 1 is 1.27 bits per heavy atom. The minimum atomic E-state index is -2.60. The van der Waals surface area contributed by atoms with Gasteiger partial charge in [0.2, 0.25) is 0 Å². The summed E-state index contributed by atoms with van der Waals surface area (Å²) in [4.78, 5) is 3.14. The average molecular weight is 534 g/mol. The van der Waals surface area contributed by atoms with E-state index in [-0.39, 0.29) is 39.3 Å². The number of aromatic amines is 1. The molecular weight excluding hydrogens is 488 g/mol. The predicted octanol–water partition coefficient (Wildman–Crippen LogP) is 8.40. The van der Waals surface area contributed by atoms with Gasteiger partial charge < -0.3 is 4.43 Å². The summed E-state index contributed by atoms with van der Waals surface area (Å²) in [5, 5.41) is 11.2. The molecule has 1 aromatic rings. The highest BCUT2D eigenvalue weighted by atomic mass is 28.4. The minimum Gasteiger partial charge on any atom is -0.417 e. The van der Waals surface area contributed by atoms with E-state index in [2.05, 4.69) is 74.5 Å². The Morgan fingerprint density at radius 2 is 1.97 bits per heavy atom. The molecule has 0 aliphatic heterocycles. The van der Waals surface area contributed by atoms with Gasteiger partial charge in [-0.2, -0.15) is 5.10 Å². The van der Waals surface area contributed by atoms with E-state index in [1.54, 1.807) is 0 Å². The number of nitrogens with zero attached hydrogens (tertiary/aromatic N) is 4. The van der Waals surface area contributed by atoms with E-state index >= 15 is 0 Å². The molecule has 0 spiro atoms. The second-order valence-electron chi connectivity index (χ2n) is 13.9. The lowest BCUT2D eigenvalue weighted by Gasteiger charge is -2.56. The molecule has 3 aliphatic rings. The maximum absolute atomic E-state index is 14.0. The van der Waals surface area contributed by atoms with Gasteiger partial charge in [0.05, 0.1) is 0 Å². The van der Waals surface area contributed by atoms with E-state index in [1.165, 1.54) is 5.57 Å². The summed E-state index contributed by atoms with van der Waals surface area (Å²) < 4.78 is 34.7. The molecule has 2 fully saturated rings. The molecule has 37 heavy (non-hydrogen) atoms. The molecule has 0 unspecified atom stereocenters. The van der Waals surface area contributed by atoms with Crippen molar-refractivity contribution in [3.05, 3.63) is 39.5 Å². The van der Waals surface area contributed by atoms with E-state index in [1.807, 2.05) is 0 Å². The summed E-state index contributed by atoms with van der Waals surface area (Å²) in [6.07, 6.45) is 2.68. The van der Waals surface area contributed by atoms with Gasteiger partial charge in [-0.3, -0.25) is 5.10 Å². The predicted molar refractivity (Wildman–Crippen MR) is 146 cm³/mol. The topological polar surface area (TPSA) is 86.7 Å². The highest BCUT2D eigenvalue weighted by molar-refractivity contribution is 6.74. The van der Waals surface area contributed by atoms with Crippen LogP contribution in [0.25, 0.3) is 10.4 Å². The van der Waals surface area contributed by atoms with E-state index in [9.17, 15) is 14.3 Å². The number of halogens is 2. The first kappa shape index (κ1) is 28.3. The molecule has 0 radical (unpaired) electrons. The first-order valence-electron chi connectivity index (χ1n) is 13.8. The second kappa shape index (κ2) is 9.80. The van der Waals surface area contributed by atoms with Crippen molar-refractivity contribution in [2.75, 3.05) is 13.2 Å². The quantitative estimate of drug-likeness (QED) is 0.125. The van der Waals surface area contributed by atoms with Gasteiger partial charge in [-0.05, 0) is 96.7 Å². The number of rotatable bonds is 7. The third-order valence-corrected chi connectivity index (χ3v) is 15.7. The van der Waals surface area contributed by atoms with Crippen molar-refractivity contribution in [2.24, 2.45) is 39.6 Å². The van der Waals surface area contributed by atoms with E-state index in [0.717, 1.165) is 31.4 Å². The van der Waals surface area contributed by atoms with Gasteiger partial charge in [0.15, 0.2) is 8.32 Å². The number of H-pyrrole nitrogens is 1. The molecule has 1 aromatic heterocycles. The molecule has 2 saturated carbocycles. The largest absolute Gasteiger partial charge is 0.417 e. The van der Waals surface area contributed by atoms with Crippen LogP contribution in [0.15, 0.2) is 17.3 Å². The molecule has 0 saturated heterocycles. The zero-order chi connectivity index (χ0) is 27.4. The van der Waals surface area contributed by atoms with Crippen molar-refractivity contribution < 1.29 is 13.2 Å². The van der Waals surface area contributed by atoms with E-state index in [0.29, 0.717) is 37.5 Å². The van der Waals surface area contributed by atoms with Crippen LogP contribution in [-0.2, 0) is 17.3 Å². The Hall–Kier alpha value is -1.70. The number of hydrogen-bond donors (Lipinski definition) is 1. The first-order valence-corrected chi connectivity index (χ1v) is 16.7. The van der Waals surface area contributed by atoms with Crippen LogP contribution in [0.5, 0.6) is 0 Å². The van der Waals surface area contributed by atoms with Crippen molar-refractivity contribution in [2.45, 2.75) is 97.7 Å². The molecule has 206 valence electrons. The smallest absolute Gasteiger partial charge is 0.282 e. The second-order valence-corrected chi connectivity index (χ2v) is 18.7. The fraction of sp³-hybridized carbons (Fsp3) is 0.821. The Kier molecular flexibility index (Phi) is 7.50. The summed E-state index contributed by atoms with van der Waals surface area (Å²) >= 11 is 0. The summed E-state index contributed by atoms with van der Waals surface area (Å²) in [6.45, 7) is 21.3. The zero-order valence-electron chi connectivity index (χ0n) is 23.7. The number of aromatic nitrogens is 2. The number of fused-ring (bicyclic) bond motifs is 2. The zero-order valence-corrected chi connectivity index (χ0v) is 24.7. The molecule has 0 aromatic carbocycles. The maximum atomic E-state index is 14.0. The first-order chi connectivity index (χ1) is 17.2. The Bertz CT molecular complexity index is 1080. The number of hydrogen-bond acceptors (Lipinski definition) is 3. The number of allylic oxidation sites excluding steroid dienone is 1. The third-order valence-electron chi connectivity index (χ3n) is 11.2. The molecule has 1 heterocycles. The molecule has 0 amide bonds. The lowest BCUT2D eigenvalue weighted by molar-refractivity contribution is -0.0525. The number of alkyl halides is 2. The van der Waals surface area contributed by atoms with Crippen molar-refractivity contribution in [3.63, 3.8) is 0 Å². The van der Waals surface area contributed by atoms with Gasteiger partial charge >= 0.3 is 0 Å². The lowest BCUT2D eigenvalue weighted by atomic mass is 9.49. The van der Waals surface area contributed by atoms with Crippen molar-refractivity contribution in [1.82, 2.24) is 10.2 Å². The minimum absolute atomic E-state index is 0.0548. The van der Waals surface area contributed by atoms with Crippen molar-refractivity contribution in [3.8, 4) is 0 Å². The van der Waals surface area contributed by atoms with E-state index < -0.39 is 14.7 Å². The lowest BCUT2D eigenvalue weighted by Crippen LogP contribution is -2.53. The third kappa shape index (κ3) is 4.80. The Labute approximate surface area is 221 Å².